The van der Waals surface area contributed by atoms with E-state index in [1.165, 1.54) is 0 Å². The lowest BCUT2D eigenvalue weighted by Crippen LogP contribution is -2.17. The first kappa shape index (κ1) is 14.6. The topological polar surface area (TPSA) is 30.7 Å². The Morgan fingerprint density at radius 2 is 2.00 bits per heavy atom. The molecule has 0 N–H and O–H groups in total. The highest BCUT2D eigenvalue weighted by atomic mass is 35.5. The molecule has 3 nitrogen and oxygen atoms in total. The van der Waals surface area contributed by atoms with Crippen LogP contribution in [-0.2, 0) is 5.88 Å². The molecule has 0 fully saturated rings. The minimum Gasteiger partial charge on any atom is -0.309 e. The number of aromatic nitrogens is 3. The van der Waals surface area contributed by atoms with Gasteiger partial charge in [0, 0.05) is 12.2 Å². The third-order valence-corrected chi connectivity index (χ3v) is 4.27. The molecule has 104 valence electrons. The summed E-state index contributed by atoms with van der Waals surface area (Å²) in [5.41, 5.74) is 1.69. The molecule has 0 aromatic carbocycles. The molecule has 0 amide bonds. The molecule has 0 aliphatic heterocycles. The minimum atomic E-state index is 0.336. The molecule has 0 bridgehead atoms. The molecule has 1 atom stereocenters. The molecule has 1 unspecified atom stereocenters. The number of imidazole rings is 1. The largest absolute Gasteiger partial charge is 0.309 e. The van der Waals surface area contributed by atoms with Crippen molar-refractivity contribution in [3.63, 3.8) is 0 Å². The van der Waals surface area contributed by atoms with Crippen molar-refractivity contribution in [2.24, 2.45) is 5.92 Å². The van der Waals surface area contributed by atoms with E-state index in [-0.39, 0.29) is 0 Å². The third kappa shape index (κ3) is 2.72. The van der Waals surface area contributed by atoms with Crippen molar-refractivity contribution in [2.45, 2.75) is 45.5 Å². The quantitative estimate of drug-likeness (QED) is 0.741. The van der Waals surface area contributed by atoms with Crippen molar-refractivity contribution in [1.82, 2.24) is 14.5 Å². The van der Waals surface area contributed by atoms with Gasteiger partial charge in [0.1, 0.15) is 11.3 Å². The van der Waals surface area contributed by atoms with E-state index in [2.05, 4.69) is 35.3 Å². The van der Waals surface area contributed by atoms with E-state index in [0.29, 0.717) is 22.9 Å². The van der Waals surface area contributed by atoms with Crippen LogP contribution in [0.15, 0.2) is 12.3 Å². The first-order valence-electron chi connectivity index (χ1n) is 6.70. The molecule has 0 spiro atoms. The summed E-state index contributed by atoms with van der Waals surface area (Å²) >= 11 is 12.0. The molecule has 19 heavy (non-hydrogen) atoms. The number of hydrogen-bond acceptors (Lipinski definition) is 2. The van der Waals surface area contributed by atoms with Crippen LogP contribution in [0.25, 0.3) is 11.2 Å². The lowest BCUT2D eigenvalue weighted by Gasteiger charge is -2.24. The summed E-state index contributed by atoms with van der Waals surface area (Å²) in [5.74, 6) is 1.85. The SMILES string of the molecule is CCC(CC)C(C)n1c(CCl)nc2cc(Cl)cnc21. The van der Waals surface area contributed by atoms with E-state index in [9.17, 15) is 0 Å². The maximum absolute atomic E-state index is 6.03. The fourth-order valence-corrected chi connectivity index (χ4v) is 3.05. The molecule has 0 aliphatic carbocycles. The molecule has 2 aromatic rings. The molecule has 5 heteroatoms. The Morgan fingerprint density at radius 1 is 1.32 bits per heavy atom. The third-order valence-electron chi connectivity index (χ3n) is 3.83. The van der Waals surface area contributed by atoms with Crippen molar-refractivity contribution in [2.75, 3.05) is 0 Å². The Bertz CT molecular complexity index is 561. The smallest absolute Gasteiger partial charge is 0.160 e. The second kappa shape index (κ2) is 6.10. The summed E-state index contributed by atoms with van der Waals surface area (Å²) in [4.78, 5) is 8.98. The summed E-state index contributed by atoms with van der Waals surface area (Å²) in [6.07, 6.45) is 3.93. The van der Waals surface area contributed by atoms with Gasteiger partial charge in [-0.3, -0.25) is 0 Å². The Labute approximate surface area is 123 Å². The number of alkyl halides is 1. The molecule has 0 aliphatic rings. The van der Waals surface area contributed by atoms with Gasteiger partial charge in [0.25, 0.3) is 0 Å². The normalized spacial score (nSPS) is 13.4. The molecule has 0 saturated heterocycles. The molecular weight excluding hydrogens is 281 g/mol. The Hall–Kier alpha value is -0.800. The average Bonchev–Trinajstić information content (AvgIpc) is 2.77. The summed E-state index contributed by atoms with van der Waals surface area (Å²) in [5, 5.41) is 0.605. The lowest BCUT2D eigenvalue weighted by molar-refractivity contribution is 0.333. The van der Waals surface area contributed by atoms with Crippen molar-refractivity contribution in [1.29, 1.82) is 0 Å². The Kier molecular flexibility index (Phi) is 4.69. The molecule has 0 saturated carbocycles. The summed E-state index contributed by atoms with van der Waals surface area (Å²) in [6, 6.07) is 2.18. The van der Waals surface area contributed by atoms with Crippen LogP contribution in [0.5, 0.6) is 0 Å². The number of pyridine rings is 1. The van der Waals surface area contributed by atoms with Crippen molar-refractivity contribution < 1.29 is 0 Å². The number of fused-ring (bicyclic) bond motifs is 1. The number of nitrogens with zero attached hydrogens (tertiary/aromatic N) is 3. The van der Waals surface area contributed by atoms with Crippen LogP contribution in [-0.4, -0.2) is 14.5 Å². The molecule has 2 rings (SSSR count). The van der Waals surface area contributed by atoms with Gasteiger partial charge < -0.3 is 4.57 Å². The number of rotatable bonds is 5. The summed E-state index contributed by atoms with van der Waals surface area (Å²) < 4.78 is 2.16. The van der Waals surface area contributed by atoms with Crippen LogP contribution in [0, 0.1) is 5.92 Å². The predicted octanol–water partition coefficient (Wildman–Crippen LogP) is 4.82. The van der Waals surface area contributed by atoms with Gasteiger partial charge in [-0.25, -0.2) is 9.97 Å². The Morgan fingerprint density at radius 3 is 2.58 bits per heavy atom. The molecule has 0 radical (unpaired) electrons. The van der Waals surface area contributed by atoms with E-state index in [4.69, 9.17) is 23.2 Å². The maximum atomic E-state index is 6.03. The zero-order valence-corrected chi connectivity index (χ0v) is 13.0. The van der Waals surface area contributed by atoms with Gasteiger partial charge in [-0.05, 0) is 18.9 Å². The molecule has 2 aromatic heterocycles. The van der Waals surface area contributed by atoms with Crippen LogP contribution in [0.3, 0.4) is 0 Å². The highest BCUT2D eigenvalue weighted by Crippen LogP contribution is 2.30. The highest BCUT2D eigenvalue weighted by Gasteiger charge is 2.21. The first-order valence-corrected chi connectivity index (χ1v) is 7.61. The van der Waals surface area contributed by atoms with Crippen LogP contribution < -0.4 is 0 Å². The molecular formula is C14H19Cl2N3. The van der Waals surface area contributed by atoms with E-state index in [1.807, 2.05) is 6.07 Å². The fraction of sp³-hybridized carbons (Fsp3) is 0.571. The fourth-order valence-electron chi connectivity index (χ4n) is 2.71. The van der Waals surface area contributed by atoms with Gasteiger partial charge in [-0.15, -0.1) is 11.6 Å². The van der Waals surface area contributed by atoms with Crippen molar-refractivity contribution in [3.05, 3.63) is 23.1 Å². The van der Waals surface area contributed by atoms with E-state index in [1.54, 1.807) is 6.20 Å². The standard InChI is InChI=1S/C14H19Cl2N3/c1-4-10(5-2)9(3)19-13(7-15)18-12-6-11(16)8-17-14(12)19/h6,8-10H,4-5,7H2,1-3H3. The van der Waals surface area contributed by atoms with Crippen LogP contribution in [0.4, 0.5) is 0 Å². The van der Waals surface area contributed by atoms with Crippen LogP contribution in [0.2, 0.25) is 5.02 Å². The maximum Gasteiger partial charge on any atom is 0.160 e. The van der Waals surface area contributed by atoms with Gasteiger partial charge in [0.15, 0.2) is 5.65 Å². The van der Waals surface area contributed by atoms with E-state index < -0.39 is 0 Å². The summed E-state index contributed by atoms with van der Waals surface area (Å²) in [6.45, 7) is 6.65. The second-order valence-electron chi connectivity index (χ2n) is 4.85. The van der Waals surface area contributed by atoms with Gasteiger partial charge in [0.05, 0.1) is 10.9 Å². The van der Waals surface area contributed by atoms with E-state index in [0.717, 1.165) is 29.8 Å². The zero-order chi connectivity index (χ0) is 14.0. The number of halogens is 2. The lowest BCUT2D eigenvalue weighted by atomic mass is 9.95. The van der Waals surface area contributed by atoms with Crippen LogP contribution in [0.1, 0.15) is 45.5 Å². The van der Waals surface area contributed by atoms with Gasteiger partial charge >= 0.3 is 0 Å². The van der Waals surface area contributed by atoms with Crippen molar-refractivity contribution in [3.8, 4) is 0 Å². The number of hydrogen-bond donors (Lipinski definition) is 0. The minimum absolute atomic E-state index is 0.336. The summed E-state index contributed by atoms with van der Waals surface area (Å²) in [7, 11) is 0. The van der Waals surface area contributed by atoms with Gasteiger partial charge in [-0.1, -0.05) is 38.3 Å². The van der Waals surface area contributed by atoms with Crippen LogP contribution >= 0.6 is 23.2 Å². The molecule has 2 heterocycles. The first-order chi connectivity index (χ1) is 9.12. The monoisotopic (exact) mass is 299 g/mol. The predicted molar refractivity (Wildman–Crippen MR) is 80.9 cm³/mol. The van der Waals surface area contributed by atoms with Crippen molar-refractivity contribution >= 4 is 34.4 Å². The zero-order valence-electron chi connectivity index (χ0n) is 11.5. The van der Waals surface area contributed by atoms with Gasteiger partial charge in [-0.2, -0.15) is 0 Å². The second-order valence-corrected chi connectivity index (χ2v) is 5.55. The van der Waals surface area contributed by atoms with Gasteiger partial charge in [0.2, 0.25) is 0 Å². The highest BCUT2D eigenvalue weighted by molar-refractivity contribution is 6.31. The van der Waals surface area contributed by atoms with E-state index >= 15 is 0 Å². The Balaban J connectivity index is 2.57. The average molecular weight is 300 g/mol.